The van der Waals surface area contributed by atoms with E-state index in [1.165, 1.54) is 13.1 Å². The molecule has 1 nitrogen and oxygen atoms in total. The second-order valence-corrected chi connectivity index (χ2v) is 8.19. The number of hydrogen-bond acceptors (Lipinski definition) is 1. The van der Waals surface area contributed by atoms with E-state index in [0.29, 0.717) is 4.66 Å². The topological polar surface area (TPSA) is 3.24 Å². The number of hydrogen-bond donors (Lipinski definition) is 0. The maximum absolute atomic E-state index is 3.78. The fourth-order valence-electron chi connectivity index (χ4n) is 1.09. The molecule has 0 N–H and O–H groups in total. The van der Waals surface area contributed by atoms with Crippen LogP contribution in [0.15, 0.2) is 0 Å². The molecule has 0 aromatic heterocycles. The van der Waals surface area contributed by atoms with Crippen molar-refractivity contribution in [2.45, 2.75) is 38.9 Å². The quantitative estimate of drug-likeness (QED) is 0.604. The summed E-state index contributed by atoms with van der Waals surface area (Å²) in [5.41, 5.74) is 0. The Labute approximate surface area is 76.3 Å². The maximum Gasteiger partial charge on any atom is 0.135 e. The molecule has 0 saturated heterocycles. The van der Waals surface area contributed by atoms with Gasteiger partial charge in [-0.25, -0.2) is 0 Å². The lowest BCUT2D eigenvalue weighted by atomic mass is 10.5. The van der Waals surface area contributed by atoms with Crippen LogP contribution in [0, 0.1) is 0 Å². The van der Waals surface area contributed by atoms with Crippen LogP contribution >= 0.6 is 0 Å². The SMILES string of the molecule is CCN(CC)[Si](C)C(C)(C)[Si]. The third kappa shape index (κ3) is 3.53. The van der Waals surface area contributed by atoms with Crippen molar-refractivity contribution in [2.75, 3.05) is 13.1 Å². The molecule has 0 aliphatic rings. The minimum absolute atomic E-state index is 0.316. The van der Waals surface area contributed by atoms with Crippen LogP contribution in [0.1, 0.15) is 27.7 Å². The predicted molar refractivity (Wildman–Crippen MR) is 54.3 cm³/mol. The van der Waals surface area contributed by atoms with Crippen LogP contribution in [-0.2, 0) is 0 Å². The molecule has 0 atom stereocenters. The Morgan fingerprint density at radius 1 is 1.27 bits per heavy atom. The molecule has 0 spiro atoms. The smallest absolute Gasteiger partial charge is 0.135 e. The number of rotatable bonds is 4. The maximum atomic E-state index is 3.78. The molecule has 11 heavy (non-hydrogen) atoms. The van der Waals surface area contributed by atoms with Gasteiger partial charge in [-0.1, -0.05) is 34.2 Å². The highest BCUT2D eigenvalue weighted by molar-refractivity contribution is 6.66. The Hall–Kier alpha value is 0.394. The molecule has 0 unspecified atom stereocenters. The second-order valence-electron chi connectivity index (χ2n) is 3.38. The zero-order chi connectivity index (χ0) is 9.07. The van der Waals surface area contributed by atoms with Gasteiger partial charge in [0, 0.05) is 10.2 Å². The van der Waals surface area contributed by atoms with E-state index in [1.807, 2.05) is 0 Å². The zero-order valence-electron chi connectivity index (χ0n) is 8.36. The second kappa shape index (κ2) is 4.43. The Morgan fingerprint density at radius 3 is 1.73 bits per heavy atom. The zero-order valence-corrected chi connectivity index (χ0v) is 10.4. The molecule has 0 bridgehead atoms. The summed E-state index contributed by atoms with van der Waals surface area (Å²) in [6, 6.07) is 0. The molecule has 0 aromatic rings. The Kier molecular flexibility index (Phi) is 4.59. The molecule has 0 fully saturated rings. The monoisotopic (exact) mass is 185 g/mol. The van der Waals surface area contributed by atoms with Crippen LogP contribution < -0.4 is 0 Å². The average molecular weight is 185 g/mol. The van der Waals surface area contributed by atoms with Crippen LogP contribution in [0.25, 0.3) is 0 Å². The van der Waals surface area contributed by atoms with Crippen molar-refractivity contribution in [1.82, 2.24) is 4.57 Å². The fraction of sp³-hybridized carbons (Fsp3) is 1.00. The van der Waals surface area contributed by atoms with E-state index in [1.54, 1.807) is 0 Å². The van der Waals surface area contributed by atoms with Gasteiger partial charge >= 0.3 is 0 Å². The lowest BCUT2D eigenvalue weighted by Gasteiger charge is -2.34. The number of nitrogens with zero attached hydrogens (tertiary/aromatic N) is 1. The first kappa shape index (κ1) is 11.4. The van der Waals surface area contributed by atoms with Gasteiger partial charge in [0.1, 0.15) is 8.96 Å². The van der Waals surface area contributed by atoms with Gasteiger partial charge < -0.3 is 4.57 Å². The summed E-state index contributed by atoms with van der Waals surface area (Å²) in [6.45, 7) is 13.7. The molecule has 0 saturated carbocycles. The molecule has 0 rings (SSSR count). The molecule has 0 aromatic carbocycles. The van der Waals surface area contributed by atoms with E-state index < -0.39 is 8.96 Å². The van der Waals surface area contributed by atoms with Crippen LogP contribution in [0.3, 0.4) is 0 Å². The third-order valence-corrected chi connectivity index (χ3v) is 6.62. The molecule has 0 amide bonds. The van der Waals surface area contributed by atoms with Gasteiger partial charge in [0.25, 0.3) is 0 Å². The van der Waals surface area contributed by atoms with Gasteiger partial charge in [-0.05, 0) is 17.8 Å². The lowest BCUT2D eigenvalue weighted by molar-refractivity contribution is 0.468. The molecule has 4 radical (unpaired) electrons. The standard InChI is InChI=1S/C8H19NSi2/c1-6-9(7-2)11(5)8(3,4)10/h6-7H2,1-5H3. The van der Waals surface area contributed by atoms with Crippen LogP contribution in [0.5, 0.6) is 0 Å². The summed E-state index contributed by atoms with van der Waals surface area (Å²) >= 11 is 0. The minimum atomic E-state index is -0.398. The molecular formula is C8H19NSi2. The molecule has 0 aliphatic heterocycles. The summed E-state index contributed by atoms with van der Waals surface area (Å²) < 4.78 is 2.87. The van der Waals surface area contributed by atoms with Gasteiger partial charge in [0.05, 0.1) is 0 Å². The summed E-state index contributed by atoms with van der Waals surface area (Å²) in [5.74, 6) is 0. The Morgan fingerprint density at radius 2 is 1.64 bits per heavy atom. The largest absolute Gasteiger partial charge is 0.325 e. The molecule has 0 heterocycles. The van der Waals surface area contributed by atoms with Crippen molar-refractivity contribution < 1.29 is 0 Å². The Bertz CT molecular complexity index is 105. The van der Waals surface area contributed by atoms with Gasteiger partial charge in [-0.15, -0.1) is 0 Å². The van der Waals surface area contributed by atoms with Crippen molar-refractivity contribution in [1.29, 1.82) is 0 Å². The van der Waals surface area contributed by atoms with E-state index in [4.69, 9.17) is 0 Å². The van der Waals surface area contributed by atoms with Crippen molar-refractivity contribution >= 4 is 19.2 Å². The molecule has 3 heteroatoms. The fourth-order valence-corrected chi connectivity index (χ4v) is 3.31. The van der Waals surface area contributed by atoms with Crippen LogP contribution in [0.4, 0.5) is 0 Å². The highest BCUT2D eigenvalue weighted by atomic mass is 28.3. The normalized spacial score (nSPS) is 13.1. The van der Waals surface area contributed by atoms with Crippen molar-refractivity contribution in [3.63, 3.8) is 0 Å². The van der Waals surface area contributed by atoms with E-state index in [-0.39, 0.29) is 0 Å². The van der Waals surface area contributed by atoms with Gasteiger partial charge in [-0.3, -0.25) is 0 Å². The first-order chi connectivity index (χ1) is 4.93. The first-order valence-corrected chi connectivity index (χ1v) is 6.72. The lowest BCUT2D eigenvalue weighted by Crippen LogP contribution is -2.44. The molecular weight excluding hydrogens is 166 g/mol. The van der Waals surface area contributed by atoms with E-state index >= 15 is 0 Å². The van der Waals surface area contributed by atoms with Crippen LogP contribution in [0.2, 0.25) is 11.2 Å². The average Bonchev–Trinajstić information content (AvgIpc) is 1.88. The highest BCUT2D eigenvalue weighted by Crippen LogP contribution is 2.24. The van der Waals surface area contributed by atoms with E-state index in [2.05, 4.69) is 49.0 Å². The van der Waals surface area contributed by atoms with Gasteiger partial charge in [0.15, 0.2) is 0 Å². The highest BCUT2D eigenvalue weighted by Gasteiger charge is 2.26. The summed E-state index contributed by atoms with van der Waals surface area (Å²) in [4.78, 5) is 0. The predicted octanol–water partition coefficient (Wildman–Crippen LogP) is 1.86. The van der Waals surface area contributed by atoms with Crippen molar-refractivity contribution in [3.05, 3.63) is 0 Å². The summed E-state index contributed by atoms with van der Waals surface area (Å²) in [5, 5.41) is 0. The molecule has 0 aliphatic carbocycles. The first-order valence-electron chi connectivity index (χ1n) is 4.27. The van der Waals surface area contributed by atoms with Gasteiger partial charge in [-0.2, -0.15) is 0 Å². The van der Waals surface area contributed by atoms with Gasteiger partial charge in [0.2, 0.25) is 0 Å². The Balaban J connectivity index is 4.09. The minimum Gasteiger partial charge on any atom is -0.325 e. The molecule has 64 valence electrons. The third-order valence-electron chi connectivity index (χ3n) is 2.14. The van der Waals surface area contributed by atoms with E-state index in [0.717, 1.165) is 0 Å². The summed E-state index contributed by atoms with van der Waals surface area (Å²) in [7, 11) is 3.38. The van der Waals surface area contributed by atoms with Crippen molar-refractivity contribution in [3.8, 4) is 0 Å². The van der Waals surface area contributed by atoms with Crippen LogP contribution in [-0.4, -0.2) is 36.9 Å². The summed E-state index contributed by atoms with van der Waals surface area (Å²) in [6.07, 6.45) is 0. The van der Waals surface area contributed by atoms with E-state index in [9.17, 15) is 0 Å². The van der Waals surface area contributed by atoms with Crippen molar-refractivity contribution in [2.24, 2.45) is 0 Å².